The molecule has 0 spiro atoms. The molecule has 0 saturated carbocycles. The zero-order valence-corrected chi connectivity index (χ0v) is 15.0. The summed E-state index contributed by atoms with van der Waals surface area (Å²) in [4.78, 5) is 32.8. The number of aromatic nitrogens is 2. The third kappa shape index (κ3) is 4.47. The minimum atomic E-state index is -0.560. The van der Waals surface area contributed by atoms with Crippen LogP contribution in [0, 0.1) is 20.2 Å². The van der Waals surface area contributed by atoms with Crippen molar-refractivity contribution in [1.82, 2.24) is 15.6 Å². The lowest BCUT2D eigenvalue weighted by molar-refractivity contribution is -0.385. The van der Waals surface area contributed by atoms with Crippen LogP contribution >= 0.6 is 0 Å². The Morgan fingerprint density at radius 2 is 1.72 bits per heavy atom. The molecular weight excluding hydrogens is 380 g/mol. The van der Waals surface area contributed by atoms with Crippen LogP contribution in [-0.4, -0.2) is 31.7 Å². The zero-order valence-electron chi connectivity index (χ0n) is 15.0. The number of nitrogens with one attached hydrogen (secondary N) is 2. The molecule has 1 amide bonds. The lowest BCUT2D eigenvalue weighted by Gasteiger charge is -2.01. The third-order valence-corrected chi connectivity index (χ3v) is 4.00. The molecule has 0 fully saturated rings. The standard InChI is InChI=1S/C18H14N6O5/c1-11(12-5-7-14(8-6-12)23(26)27)19-22-18(25)17-10-16(20-21-17)13-3-2-4-15(9-13)24(28)29/h2-10H,1H3,(H,20,21)(H,22,25). The second-order valence-electron chi connectivity index (χ2n) is 5.92. The van der Waals surface area contributed by atoms with Crippen LogP contribution in [0.25, 0.3) is 11.3 Å². The molecule has 0 aliphatic heterocycles. The Balaban J connectivity index is 1.71. The first kappa shape index (κ1) is 19.4. The van der Waals surface area contributed by atoms with Crippen LogP contribution in [0.2, 0.25) is 0 Å². The number of nitrogens with zero attached hydrogens (tertiary/aromatic N) is 4. The van der Waals surface area contributed by atoms with Gasteiger partial charge in [0.15, 0.2) is 0 Å². The summed E-state index contributed by atoms with van der Waals surface area (Å²) in [5, 5.41) is 32.1. The molecule has 0 bridgehead atoms. The predicted octanol–water partition coefficient (Wildman–Crippen LogP) is 3.05. The lowest BCUT2D eigenvalue weighted by Crippen LogP contribution is -2.19. The first-order chi connectivity index (χ1) is 13.8. The number of hydrazone groups is 1. The summed E-state index contributed by atoms with van der Waals surface area (Å²) in [5.41, 5.74) is 4.27. The average Bonchev–Trinajstić information content (AvgIpc) is 3.22. The molecule has 11 nitrogen and oxygen atoms in total. The molecule has 29 heavy (non-hydrogen) atoms. The molecule has 1 heterocycles. The Morgan fingerprint density at radius 3 is 2.38 bits per heavy atom. The number of benzene rings is 2. The van der Waals surface area contributed by atoms with Crippen molar-refractivity contribution in [3.05, 3.63) is 86.1 Å². The summed E-state index contributed by atoms with van der Waals surface area (Å²) in [7, 11) is 0. The van der Waals surface area contributed by atoms with E-state index in [0.717, 1.165) is 0 Å². The number of carbonyl (C=O) groups excluding carboxylic acids is 1. The van der Waals surface area contributed by atoms with Gasteiger partial charge in [0, 0.05) is 29.8 Å². The molecule has 2 N–H and O–H groups in total. The molecule has 2 aromatic carbocycles. The van der Waals surface area contributed by atoms with E-state index in [1.54, 1.807) is 13.0 Å². The monoisotopic (exact) mass is 394 g/mol. The molecule has 0 radical (unpaired) electrons. The van der Waals surface area contributed by atoms with Crippen molar-refractivity contribution in [2.45, 2.75) is 6.92 Å². The van der Waals surface area contributed by atoms with Gasteiger partial charge in [0.2, 0.25) is 0 Å². The van der Waals surface area contributed by atoms with Gasteiger partial charge in [-0.2, -0.15) is 10.2 Å². The highest BCUT2D eigenvalue weighted by molar-refractivity contribution is 6.00. The van der Waals surface area contributed by atoms with Crippen molar-refractivity contribution in [1.29, 1.82) is 0 Å². The highest BCUT2D eigenvalue weighted by Crippen LogP contribution is 2.22. The summed E-state index contributed by atoms with van der Waals surface area (Å²) >= 11 is 0. The molecule has 3 aromatic rings. The fourth-order valence-corrected chi connectivity index (χ4v) is 2.45. The van der Waals surface area contributed by atoms with E-state index in [-0.39, 0.29) is 17.1 Å². The molecule has 0 aliphatic carbocycles. The Bertz CT molecular complexity index is 1120. The highest BCUT2D eigenvalue weighted by atomic mass is 16.6. The molecule has 0 saturated heterocycles. The van der Waals surface area contributed by atoms with E-state index in [1.807, 2.05) is 0 Å². The third-order valence-electron chi connectivity index (χ3n) is 4.00. The van der Waals surface area contributed by atoms with Gasteiger partial charge in [0.05, 0.1) is 21.3 Å². The molecule has 11 heteroatoms. The van der Waals surface area contributed by atoms with Crippen LogP contribution in [-0.2, 0) is 0 Å². The SMILES string of the molecule is CC(=NNC(=O)c1cc(-c2cccc([N+](=O)[O-])c2)n[nH]1)c1ccc([N+](=O)[O-])cc1. The maximum absolute atomic E-state index is 12.3. The first-order valence-electron chi connectivity index (χ1n) is 8.25. The highest BCUT2D eigenvalue weighted by Gasteiger charge is 2.13. The normalized spacial score (nSPS) is 11.1. The number of nitro groups is 2. The minimum Gasteiger partial charge on any atom is -0.272 e. The van der Waals surface area contributed by atoms with E-state index in [1.165, 1.54) is 48.5 Å². The van der Waals surface area contributed by atoms with Crippen molar-refractivity contribution < 1.29 is 14.6 Å². The number of rotatable bonds is 6. The topological polar surface area (TPSA) is 156 Å². The van der Waals surface area contributed by atoms with E-state index >= 15 is 0 Å². The van der Waals surface area contributed by atoms with Crippen molar-refractivity contribution >= 4 is 23.0 Å². The molecule has 146 valence electrons. The van der Waals surface area contributed by atoms with Crippen molar-refractivity contribution in [2.24, 2.45) is 5.10 Å². The number of amides is 1. The number of aromatic amines is 1. The van der Waals surface area contributed by atoms with E-state index in [2.05, 4.69) is 20.7 Å². The maximum atomic E-state index is 12.3. The summed E-state index contributed by atoms with van der Waals surface area (Å²) in [6.07, 6.45) is 0. The van der Waals surface area contributed by atoms with Crippen LogP contribution in [0.5, 0.6) is 0 Å². The first-order valence-corrected chi connectivity index (χ1v) is 8.25. The van der Waals surface area contributed by atoms with Gasteiger partial charge in [-0.1, -0.05) is 12.1 Å². The van der Waals surface area contributed by atoms with Crippen LogP contribution in [0.3, 0.4) is 0 Å². The van der Waals surface area contributed by atoms with Gasteiger partial charge in [0.25, 0.3) is 17.3 Å². The van der Waals surface area contributed by atoms with Gasteiger partial charge in [-0.15, -0.1) is 0 Å². The Kier molecular flexibility index (Phi) is 5.39. The predicted molar refractivity (Wildman–Crippen MR) is 103 cm³/mol. The van der Waals surface area contributed by atoms with Gasteiger partial charge in [-0.3, -0.25) is 30.1 Å². The smallest absolute Gasteiger partial charge is 0.272 e. The molecule has 0 unspecified atom stereocenters. The zero-order chi connectivity index (χ0) is 21.0. The number of hydrogen-bond acceptors (Lipinski definition) is 7. The van der Waals surface area contributed by atoms with E-state index < -0.39 is 15.8 Å². The largest absolute Gasteiger partial charge is 0.289 e. The van der Waals surface area contributed by atoms with Crippen LogP contribution in [0.15, 0.2) is 59.7 Å². The lowest BCUT2D eigenvalue weighted by atomic mass is 10.1. The van der Waals surface area contributed by atoms with Crippen molar-refractivity contribution in [2.75, 3.05) is 0 Å². The second-order valence-corrected chi connectivity index (χ2v) is 5.92. The van der Waals surface area contributed by atoms with Gasteiger partial charge in [-0.05, 0) is 30.7 Å². The molecule has 3 rings (SSSR count). The number of carbonyl (C=O) groups is 1. The fourth-order valence-electron chi connectivity index (χ4n) is 2.45. The number of hydrogen-bond donors (Lipinski definition) is 2. The van der Waals surface area contributed by atoms with Gasteiger partial charge in [-0.25, -0.2) is 5.43 Å². The van der Waals surface area contributed by atoms with Gasteiger partial charge < -0.3 is 0 Å². The molecule has 1 aromatic heterocycles. The maximum Gasteiger partial charge on any atom is 0.289 e. The number of H-pyrrole nitrogens is 1. The summed E-state index contributed by atoms with van der Waals surface area (Å²) in [5.74, 6) is -0.560. The van der Waals surface area contributed by atoms with Crippen molar-refractivity contribution in [3.8, 4) is 11.3 Å². The van der Waals surface area contributed by atoms with E-state index in [9.17, 15) is 25.0 Å². The fraction of sp³-hybridized carbons (Fsp3) is 0.0556. The molecular formula is C18H14N6O5. The van der Waals surface area contributed by atoms with Crippen LogP contribution < -0.4 is 5.43 Å². The summed E-state index contributed by atoms with van der Waals surface area (Å²) in [6, 6.07) is 13.1. The Morgan fingerprint density at radius 1 is 1.03 bits per heavy atom. The number of nitro benzene ring substituents is 2. The van der Waals surface area contributed by atoms with Crippen LogP contribution in [0.4, 0.5) is 11.4 Å². The molecule has 0 aliphatic rings. The van der Waals surface area contributed by atoms with E-state index in [0.29, 0.717) is 22.5 Å². The quantitative estimate of drug-likeness (QED) is 0.372. The molecule has 0 atom stereocenters. The summed E-state index contributed by atoms with van der Waals surface area (Å²) in [6.45, 7) is 1.64. The van der Waals surface area contributed by atoms with Crippen molar-refractivity contribution in [3.63, 3.8) is 0 Å². The Hall–Kier alpha value is -4.41. The minimum absolute atomic E-state index is 0.0447. The van der Waals surface area contributed by atoms with E-state index in [4.69, 9.17) is 0 Å². The average molecular weight is 394 g/mol. The number of non-ortho nitro benzene ring substituents is 2. The Labute approximate surface area is 163 Å². The van der Waals surface area contributed by atoms with Gasteiger partial charge >= 0.3 is 0 Å². The second kappa shape index (κ2) is 8.08. The van der Waals surface area contributed by atoms with Crippen LogP contribution in [0.1, 0.15) is 23.0 Å². The summed E-state index contributed by atoms with van der Waals surface area (Å²) < 4.78 is 0. The van der Waals surface area contributed by atoms with Gasteiger partial charge in [0.1, 0.15) is 5.69 Å².